The van der Waals surface area contributed by atoms with E-state index in [9.17, 15) is 18.8 Å². The monoisotopic (exact) mass is 542 g/mol. The molecule has 204 valence electrons. The number of carbonyl (C=O) groups is 1. The minimum atomic E-state index is -0.772. The highest BCUT2D eigenvalue weighted by molar-refractivity contribution is 6.03. The number of benzene rings is 2. The molecule has 10 nitrogen and oxygen atoms in total. The van der Waals surface area contributed by atoms with Gasteiger partial charge in [-0.3, -0.25) is 14.2 Å². The van der Waals surface area contributed by atoms with Gasteiger partial charge in [-0.05, 0) is 74.3 Å². The van der Waals surface area contributed by atoms with Crippen LogP contribution in [-0.4, -0.2) is 31.6 Å². The van der Waals surface area contributed by atoms with E-state index in [2.05, 4.69) is 20.6 Å². The molecule has 0 unspecified atom stereocenters. The lowest BCUT2D eigenvalue weighted by atomic mass is 10.1. The third-order valence-corrected chi connectivity index (χ3v) is 7.33. The van der Waals surface area contributed by atoms with E-state index >= 15 is 0 Å². The van der Waals surface area contributed by atoms with Crippen molar-refractivity contribution in [2.75, 3.05) is 11.9 Å². The van der Waals surface area contributed by atoms with Gasteiger partial charge in [0.2, 0.25) is 5.88 Å². The zero-order chi connectivity index (χ0) is 27.6. The molecule has 0 saturated heterocycles. The quantitative estimate of drug-likeness (QED) is 0.381. The summed E-state index contributed by atoms with van der Waals surface area (Å²) in [6, 6.07) is 11.6. The van der Waals surface area contributed by atoms with Crippen LogP contribution in [0.1, 0.15) is 53.3 Å². The molecule has 11 heteroatoms. The Balaban J connectivity index is 1.28. The molecule has 2 N–H and O–H groups in total. The van der Waals surface area contributed by atoms with Crippen LogP contribution in [0.3, 0.4) is 0 Å². The second-order valence-corrected chi connectivity index (χ2v) is 9.90. The van der Waals surface area contributed by atoms with Gasteiger partial charge in [-0.1, -0.05) is 12.8 Å². The van der Waals surface area contributed by atoms with Crippen molar-refractivity contribution in [2.24, 2.45) is 0 Å². The first kappa shape index (κ1) is 25.6. The summed E-state index contributed by atoms with van der Waals surface area (Å²) in [7, 11) is 0. The molecule has 0 atom stereocenters. The van der Waals surface area contributed by atoms with Gasteiger partial charge in [0.15, 0.2) is 0 Å². The second-order valence-electron chi connectivity index (χ2n) is 9.90. The van der Waals surface area contributed by atoms with E-state index < -0.39 is 23.0 Å². The van der Waals surface area contributed by atoms with E-state index in [0.717, 1.165) is 54.5 Å². The maximum Gasteiger partial charge on any atom is 0.335 e. The van der Waals surface area contributed by atoms with Crippen LogP contribution < -0.4 is 26.6 Å². The topological polar surface area (TPSA) is 120 Å². The van der Waals surface area contributed by atoms with Crippen molar-refractivity contribution in [3.63, 3.8) is 0 Å². The van der Waals surface area contributed by atoms with Crippen molar-refractivity contribution < 1.29 is 13.9 Å². The zero-order valence-corrected chi connectivity index (χ0v) is 21.6. The van der Waals surface area contributed by atoms with E-state index in [1.54, 1.807) is 24.3 Å². The molecule has 0 spiro atoms. The van der Waals surface area contributed by atoms with Gasteiger partial charge in [0.25, 0.3) is 11.5 Å². The van der Waals surface area contributed by atoms with Gasteiger partial charge in [-0.2, -0.15) is 0 Å². The Morgan fingerprint density at radius 2 is 1.77 bits per heavy atom. The number of amides is 1. The fraction of sp³-hybridized carbons (Fsp3) is 0.276. The first-order valence-corrected chi connectivity index (χ1v) is 13.2. The van der Waals surface area contributed by atoms with Crippen LogP contribution in [0, 0.1) is 5.82 Å². The number of rotatable bonds is 6. The molecule has 0 radical (unpaired) electrons. The van der Waals surface area contributed by atoms with Gasteiger partial charge >= 0.3 is 5.69 Å². The summed E-state index contributed by atoms with van der Waals surface area (Å²) in [5, 5.41) is 6.02. The molecule has 2 aliphatic rings. The fourth-order valence-electron chi connectivity index (χ4n) is 5.25. The number of fused-ring (bicyclic) bond motifs is 1. The zero-order valence-electron chi connectivity index (χ0n) is 21.6. The molecule has 40 heavy (non-hydrogen) atoms. The largest absolute Gasteiger partial charge is 0.439 e. The molecule has 1 aliphatic heterocycles. The summed E-state index contributed by atoms with van der Waals surface area (Å²) in [5.74, 6) is -0.117. The van der Waals surface area contributed by atoms with Crippen LogP contribution in [0.25, 0.3) is 5.69 Å². The maximum atomic E-state index is 13.6. The lowest BCUT2D eigenvalue weighted by Crippen LogP contribution is -2.43. The summed E-state index contributed by atoms with van der Waals surface area (Å²) in [6.45, 7) is 1.48. The van der Waals surface area contributed by atoms with Crippen LogP contribution in [0.5, 0.6) is 11.6 Å². The summed E-state index contributed by atoms with van der Waals surface area (Å²) < 4.78 is 21.9. The summed E-state index contributed by atoms with van der Waals surface area (Å²) in [4.78, 5) is 48.7. The minimum absolute atomic E-state index is 0.119. The Morgan fingerprint density at radius 3 is 2.52 bits per heavy atom. The smallest absolute Gasteiger partial charge is 0.335 e. The van der Waals surface area contributed by atoms with Gasteiger partial charge < -0.3 is 15.4 Å². The Morgan fingerprint density at radius 1 is 1.02 bits per heavy atom. The predicted molar refractivity (Wildman–Crippen MR) is 146 cm³/mol. The number of anilines is 1. The average Bonchev–Trinajstić information content (AvgIpc) is 3.50. The third-order valence-electron chi connectivity index (χ3n) is 7.33. The molecule has 1 amide bonds. The Bertz CT molecular complexity index is 1680. The highest BCUT2D eigenvalue weighted by Gasteiger charge is 2.25. The molecular formula is C29H27FN6O4. The van der Waals surface area contributed by atoms with E-state index in [0.29, 0.717) is 23.9 Å². The van der Waals surface area contributed by atoms with E-state index in [-0.39, 0.29) is 17.3 Å². The number of carbonyl (C=O) groups excluding carboxylic acids is 1. The van der Waals surface area contributed by atoms with Crippen molar-refractivity contribution in [1.29, 1.82) is 0 Å². The highest BCUT2D eigenvalue weighted by Crippen LogP contribution is 2.29. The Kier molecular flexibility index (Phi) is 6.95. The first-order chi connectivity index (χ1) is 19.5. The summed E-state index contributed by atoms with van der Waals surface area (Å²) in [5.41, 5.74) is 1.01. The highest BCUT2D eigenvalue weighted by atomic mass is 19.1. The number of ether oxygens (including phenoxy) is 1. The molecule has 4 aromatic rings. The molecule has 1 aliphatic carbocycles. The van der Waals surface area contributed by atoms with Gasteiger partial charge in [0.1, 0.15) is 23.5 Å². The van der Waals surface area contributed by atoms with E-state index in [1.807, 2.05) is 0 Å². The van der Waals surface area contributed by atoms with Crippen molar-refractivity contribution in [3.8, 4) is 17.3 Å². The second kappa shape index (κ2) is 10.9. The molecule has 0 bridgehead atoms. The lowest BCUT2D eigenvalue weighted by molar-refractivity contribution is 0.102. The predicted octanol–water partition coefficient (Wildman–Crippen LogP) is 3.73. The molecule has 1 saturated carbocycles. The maximum absolute atomic E-state index is 13.6. The third kappa shape index (κ3) is 5.03. The molecule has 1 fully saturated rings. The average molecular weight is 543 g/mol. The molecular weight excluding hydrogens is 515 g/mol. The number of hydrogen-bond acceptors (Lipinski definition) is 7. The van der Waals surface area contributed by atoms with Crippen LogP contribution >= 0.6 is 0 Å². The lowest BCUT2D eigenvalue weighted by Gasteiger charge is -2.18. The van der Waals surface area contributed by atoms with E-state index in [1.165, 1.54) is 41.4 Å². The number of nitrogens with zero attached hydrogens (tertiary/aromatic N) is 4. The van der Waals surface area contributed by atoms with E-state index in [4.69, 9.17) is 4.74 Å². The van der Waals surface area contributed by atoms with Crippen LogP contribution in [0.15, 0.2) is 70.6 Å². The van der Waals surface area contributed by atoms with Gasteiger partial charge in [-0.15, -0.1) is 0 Å². The summed E-state index contributed by atoms with van der Waals surface area (Å²) >= 11 is 0. The fourth-order valence-corrected chi connectivity index (χ4v) is 5.25. The first-order valence-electron chi connectivity index (χ1n) is 13.2. The minimum Gasteiger partial charge on any atom is -0.439 e. The van der Waals surface area contributed by atoms with Crippen molar-refractivity contribution in [1.82, 2.24) is 24.4 Å². The van der Waals surface area contributed by atoms with Crippen LogP contribution in [-0.2, 0) is 13.0 Å². The van der Waals surface area contributed by atoms with Gasteiger partial charge in [-0.25, -0.2) is 23.7 Å². The standard InChI is InChI=1S/C29H27FN6O4/c30-18-5-9-21(10-6-18)36-28(38)24(16-35(29(36)39)20-3-1-2-4-20)26(37)34-19-7-11-22(12-8-19)40-27-23-13-14-31-15-25(23)32-17-33-27/h5-12,16-17,20,31H,1-4,13-15H2,(H,34,37). The number of nitrogens with one attached hydrogen (secondary N) is 2. The molecule has 3 heterocycles. The number of hydrogen-bond donors (Lipinski definition) is 2. The molecule has 2 aromatic heterocycles. The Labute approximate surface area is 228 Å². The van der Waals surface area contributed by atoms with Crippen LogP contribution in [0.2, 0.25) is 0 Å². The van der Waals surface area contributed by atoms with Gasteiger partial charge in [0, 0.05) is 30.0 Å². The normalized spacial score (nSPS) is 15.0. The number of halogens is 1. The molecule has 2 aromatic carbocycles. The van der Waals surface area contributed by atoms with Crippen LogP contribution in [0.4, 0.5) is 10.1 Å². The molecule has 6 rings (SSSR count). The van der Waals surface area contributed by atoms with Crippen molar-refractivity contribution in [2.45, 2.75) is 44.7 Å². The summed E-state index contributed by atoms with van der Waals surface area (Å²) in [6.07, 6.45) is 7.04. The SMILES string of the molecule is O=C(Nc1ccc(Oc2ncnc3c2CCNC3)cc1)c1cn(C2CCCC2)c(=O)n(-c2ccc(F)cc2)c1=O. The van der Waals surface area contributed by atoms with Crippen molar-refractivity contribution >= 4 is 11.6 Å². The Hall–Kier alpha value is -4.64. The van der Waals surface area contributed by atoms with Crippen molar-refractivity contribution in [3.05, 3.63) is 105 Å². The van der Waals surface area contributed by atoms with Gasteiger partial charge in [0.05, 0.1) is 11.4 Å². The number of aromatic nitrogens is 4.